The van der Waals surface area contributed by atoms with Gasteiger partial charge in [0.2, 0.25) is 5.88 Å². The molecule has 2 N–H and O–H groups in total. The Kier molecular flexibility index (Phi) is 4.48. The van der Waals surface area contributed by atoms with E-state index < -0.39 is 5.76 Å². The Morgan fingerprint density at radius 3 is 2.77 bits per heavy atom. The molecule has 5 nitrogen and oxygen atoms in total. The predicted molar refractivity (Wildman–Crippen MR) is 51.2 cm³/mol. The molecule has 6 heteroatoms. The maximum Gasteiger partial charge on any atom is 0.419 e. The highest BCUT2D eigenvalue weighted by Crippen LogP contribution is 1.99. The Hall–Kier alpha value is -0.880. The van der Waals surface area contributed by atoms with Crippen molar-refractivity contribution in [3.05, 3.63) is 16.8 Å². The third-order valence-corrected chi connectivity index (χ3v) is 2.25. The van der Waals surface area contributed by atoms with E-state index in [0.717, 1.165) is 0 Å². The van der Waals surface area contributed by atoms with Gasteiger partial charge in [-0.05, 0) is 0 Å². The van der Waals surface area contributed by atoms with Gasteiger partial charge in [0.25, 0.3) is 0 Å². The van der Waals surface area contributed by atoms with E-state index in [9.17, 15) is 4.79 Å². The van der Waals surface area contributed by atoms with Crippen molar-refractivity contribution in [2.24, 2.45) is 0 Å². The molecule has 1 aromatic heterocycles. The maximum absolute atomic E-state index is 10.1. The van der Waals surface area contributed by atoms with Gasteiger partial charge in [-0.2, -0.15) is 0 Å². The molecule has 74 valence electrons. The minimum absolute atomic E-state index is 0.343. The van der Waals surface area contributed by atoms with Gasteiger partial charge in [-0.1, -0.05) is 0 Å². The summed E-state index contributed by atoms with van der Waals surface area (Å²) in [5.74, 6) is 2.32. The second-order valence-electron chi connectivity index (χ2n) is 2.27. The molecule has 1 fully saturated rings. The van der Waals surface area contributed by atoms with Gasteiger partial charge in [0, 0.05) is 18.2 Å². The lowest BCUT2D eigenvalue weighted by Gasteiger charge is -1.84. The zero-order chi connectivity index (χ0) is 9.52. The van der Waals surface area contributed by atoms with Gasteiger partial charge in [-0.25, -0.2) is 4.79 Å². The molecule has 2 rings (SSSR count). The predicted octanol–water partition coefficient (Wildman–Crippen LogP) is 0.257. The number of hydrogen-bond acceptors (Lipinski definition) is 5. The van der Waals surface area contributed by atoms with Crippen LogP contribution in [0.25, 0.3) is 0 Å². The largest absolute Gasteiger partial charge is 0.480 e. The molecule has 2 heterocycles. The lowest BCUT2D eigenvalue weighted by Crippen LogP contribution is -2.04. The Morgan fingerprint density at radius 2 is 2.54 bits per heavy atom. The van der Waals surface area contributed by atoms with Crippen molar-refractivity contribution in [3.63, 3.8) is 0 Å². The Bertz CT molecular complexity index is 272. The summed E-state index contributed by atoms with van der Waals surface area (Å²) in [6.07, 6.45) is 1.21. The van der Waals surface area contributed by atoms with E-state index in [1.54, 1.807) is 0 Å². The van der Waals surface area contributed by atoms with Crippen molar-refractivity contribution in [3.8, 4) is 5.88 Å². The summed E-state index contributed by atoms with van der Waals surface area (Å²) in [5, 5.41) is 3.19. The third kappa shape index (κ3) is 4.05. The molecular formula is C7H12N2O3S. The number of aromatic amines is 1. The number of thioether (sulfide) groups is 1. The van der Waals surface area contributed by atoms with Crippen LogP contribution < -0.4 is 15.8 Å². The van der Waals surface area contributed by atoms with Gasteiger partial charge in [0.05, 0.1) is 7.11 Å². The number of oxazole rings is 1. The minimum Gasteiger partial charge on any atom is -0.480 e. The summed E-state index contributed by atoms with van der Waals surface area (Å²) in [5.41, 5.74) is 0. The van der Waals surface area contributed by atoms with E-state index in [1.165, 1.54) is 31.5 Å². The van der Waals surface area contributed by atoms with Gasteiger partial charge in [0.1, 0.15) is 0 Å². The van der Waals surface area contributed by atoms with Gasteiger partial charge in [0.15, 0.2) is 6.26 Å². The number of hydrogen-bond donors (Lipinski definition) is 2. The van der Waals surface area contributed by atoms with Crippen LogP contribution in [0.1, 0.15) is 0 Å². The molecule has 0 spiro atoms. The highest BCUT2D eigenvalue weighted by molar-refractivity contribution is 7.99. The molecule has 1 aromatic rings. The first-order valence-corrected chi connectivity index (χ1v) is 4.98. The van der Waals surface area contributed by atoms with Crippen molar-refractivity contribution in [1.29, 1.82) is 0 Å². The summed E-state index contributed by atoms with van der Waals surface area (Å²) in [7, 11) is 1.45. The van der Waals surface area contributed by atoms with E-state index in [2.05, 4.69) is 19.5 Å². The molecule has 0 unspecified atom stereocenters. The lowest BCUT2D eigenvalue weighted by atomic mass is 10.8. The highest BCUT2D eigenvalue weighted by Gasteiger charge is 1.93. The molecule has 0 saturated carbocycles. The third-order valence-electron chi connectivity index (χ3n) is 1.35. The molecular weight excluding hydrogens is 192 g/mol. The van der Waals surface area contributed by atoms with Gasteiger partial charge in [-0.15, -0.1) is 11.8 Å². The van der Waals surface area contributed by atoms with E-state index in [0.29, 0.717) is 5.88 Å². The van der Waals surface area contributed by atoms with Gasteiger partial charge in [-0.3, -0.25) is 4.98 Å². The zero-order valence-electron chi connectivity index (χ0n) is 7.33. The molecule has 13 heavy (non-hydrogen) atoms. The summed E-state index contributed by atoms with van der Waals surface area (Å²) >= 11 is 1.96. The number of ether oxygens (including phenoxy) is 1. The Morgan fingerprint density at radius 1 is 1.69 bits per heavy atom. The number of methoxy groups -OCH3 is 1. The summed E-state index contributed by atoms with van der Waals surface area (Å²) in [4.78, 5) is 12.4. The van der Waals surface area contributed by atoms with E-state index in [1.807, 2.05) is 11.8 Å². The van der Waals surface area contributed by atoms with E-state index in [4.69, 9.17) is 0 Å². The van der Waals surface area contributed by atoms with Crippen LogP contribution in [-0.4, -0.2) is 30.3 Å². The van der Waals surface area contributed by atoms with Gasteiger partial charge < -0.3 is 14.5 Å². The standard InChI is InChI=1S/C4H5NO3.C3H7NS/c1-7-3-2-8-4(6)5-3;1-2-5-3-4-1/h2H,1H3,(H,5,6);4H,1-3H2. The SMILES string of the molecule is C1CSCN1.COc1coc(=O)[nH]1. The van der Waals surface area contributed by atoms with Crippen LogP contribution in [0.15, 0.2) is 15.5 Å². The Balaban J connectivity index is 0.000000145. The normalized spacial score (nSPS) is 14.8. The van der Waals surface area contributed by atoms with Crippen molar-refractivity contribution in [1.82, 2.24) is 10.3 Å². The lowest BCUT2D eigenvalue weighted by molar-refractivity contribution is 0.395. The second-order valence-corrected chi connectivity index (χ2v) is 3.37. The minimum atomic E-state index is -0.498. The summed E-state index contributed by atoms with van der Waals surface area (Å²) in [6, 6.07) is 0. The fraction of sp³-hybridized carbons (Fsp3) is 0.571. The number of H-pyrrole nitrogens is 1. The van der Waals surface area contributed by atoms with Crippen molar-refractivity contribution >= 4 is 11.8 Å². The molecule has 0 atom stereocenters. The molecule has 0 bridgehead atoms. The first kappa shape index (κ1) is 10.2. The quantitative estimate of drug-likeness (QED) is 0.686. The highest BCUT2D eigenvalue weighted by atomic mass is 32.2. The van der Waals surface area contributed by atoms with E-state index >= 15 is 0 Å². The van der Waals surface area contributed by atoms with Crippen LogP contribution in [0.5, 0.6) is 5.88 Å². The molecule has 0 radical (unpaired) electrons. The van der Waals surface area contributed by atoms with E-state index in [-0.39, 0.29) is 0 Å². The molecule has 1 saturated heterocycles. The average Bonchev–Trinajstić information content (AvgIpc) is 2.76. The monoisotopic (exact) mass is 204 g/mol. The fourth-order valence-corrected chi connectivity index (χ4v) is 1.45. The van der Waals surface area contributed by atoms with Crippen LogP contribution in [-0.2, 0) is 0 Å². The Labute approximate surface area is 79.9 Å². The average molecular weight is 204 g/mol. The number of rotatable bonds is 1. The van der Waals surface area contributed by atoms with Crippen LogP contribution in [0, 0.1) is 0 Å². The number of aromatic nitrogens is 1. The summed E-state index contributed by atoms with van der Waals surface area (Å²) in [6.45, 7) is 1.21. The first-order chi connectivity index (χ1) is 6.33. The zero-order valence-corrected chi connectivity index (χ0v) is 8.15. The van der Waals surface area contributed by atoms with Crippen molar-refractivity contribution in [2.45, 2.75) is 0 Å². The van der Waals surface area contributed by atoms with Crippen molar-refractivity contribution in [2.75, 3.05) is 25.3 Å². The smallest absolute Gasteiger partial charge is 0.419 e. The second kappa shape index (κ2) is 5.71. The number of nitrogens with one attached hydrogen (secondary N) is 2. The molecule has 0 amide bonds. The van der Waals surface area contributed by atoms with Crippen molar-refractivity contribution < 1.29 is 9.15 Å². The molecule has 0 aliphatic carbocycles. The van der Waals surface area contributed by atoms with Crippen LogP contribution in [0.3, 0.4) is 0 Å². The topological polar surface area (TPSA) is 67.3 Å². The summed E-state index contributed by atoms with van der Waals surface area (Å²) < 4.78 is 8.90. The first-order valence-electron chi connectivity index (χ1n) is 3.83. The fourth-order valence-electron chi connectivity index (χ4n) is 0.727. The van der Waals surface area contributed by atoms with Gasteiger partial charge >= 0.3 is 5.76 Å². The molecule has 1 aliphatic heterocycles. The molecule has 0 aromatic carbocycles. The van der Waals surface area contributed by atoms with Crippen LogP contribution in [0.2, 0.25) is 0 Å². The maximum atomic E-state index is 10.1. The van der Waals surface area contributed by atoms with Crippen LogP contribution in [0.4, 0.5) is 0 Å². The van der Waals surface area contributed by atoms with Crippen LogP contribution >= 0.6 is 11.8 Å². The molecule has 1 aliphatic rings.